The number of carbonyl (C=O) groups excluding carboxylic acids is 1. The number of rotatable bonds is 6. The fraction of sp³-hybridized carbons (Fsp3) is 0.238. The SMILES string of the molecule is Cc1ccc(Oc2c(Cl)cc(NC(=O)Cc3cn[nH]c3)cc2Cl)cc1C(C)C. The molecule has 2 N–H and O–H groups in total. The van der Waals surface area contributed by atoms with Crippen molar-refractivity contribution in [1.29, 1.82) is 0 Å². The van der Waals surface area contributed by atoms with Crippen LogP contribution in [0.1, 0.15) is 36.5 Å². The Bertz CT molecular complexity index is 962. The zero-order valence-electron chi connectivity index (χ0n) is 15.8. The molecule has 3 rings (SSSR count). The monoisotopic (exact) mass is 417 g/mol. The van der Waals surface area contributed by atoms with Crippen molar-refractivity contribution in [3.63, 3.8) is 0 Å². The van der Waals surface area contributed by atoms with Crippen molar-refractivity contribution in [3.05, 3.63) is 69.5 Å². The Labute approximate surface area is 174 Å². The molecule has 1 heterocycles. The predicted molar refractivity (Wildman–Crippen MR) is 113 cm³/mol. The number of benzene rings is 2. The first kappa shape index (κ1) is 20.2. The number of aryl methyl sites for hydroxylation is 1. The van der Waals surface area contributed by atoms with Gasteiger partial charge in [-0.1, -0.05) is 43.1 Å². The molecule has 0 bridgehead atoms. The molecule has 0 radical (unpaired) electrons. The van der Waals surface area contributed by atoms with Crippen molar-refractivity contribution in [2.24, 2.45) is 0 Å². The molecule has 2 aromatic carbocycles. The molecule has 7 heteroatoms. The van der Waals surface area contributed by atoms with Crippen molar-refractivity contribution in [1.82, 2.24) is 10.2 Å². The third-order valence-corrected chi connectivity index (χ3v) is 4.86. The van der Waals surface area contributed by atoms with Crippen LogP contribution in [0.5, 0.6) is 11.5 Å². The van der Waals surface area contributed by atoms with Gasteiger partial charge in [-0.25, -0.2) is 0 Å². The van der Waals surface area contributed by atoms with Crippen LogP contribution in [-0.4, -0.2) is 16.1 Å². The first-order valence-electron chi connectivity index (χ1n) is 8.88. The van der Waals surface area contributed by atoms with Gasteiger partial charge in [0.25, 0.3) is 0 Å². The topological polar surface area (TPSA) is 67.0 Å². The molecule has 0 unspecified atom stereocenters. The van der Waals surface area contributed by atoms with Crippen molar-refractivity contribution in [3.8, 4) is 11.5 Å². The number of amides is 1. The second kappa shape index (κ2) is 8.67. The van der Waals surface area contributed by atoms with Gasteiger partial charge >= 0.3 is 0 Å². The maximum absolute atomic E-state index is 12.1. The molecular formula is C21H21Cl2N3O2. The van der Waals surface area contributed by atoms with Crippen molar-refractivity contribution in [2.45, 2.75) is 33.1 Å². The summed E-state index contributed by atoms with van der Waals surface area (Å²) in [6.45, 7) is 6.33. The number of H-pyrrole nitrogens is 1. The van der Waals surface area contributed by atoms with Crippen molar-refractivity contribution >= 4 is 34.8 Å². The van der Waals surface area contributed by atoms with E-state index in [-0.39, 0.29) is 12.3 Å². The highest BCUT2D eigenvalue weighted by atomic mass is 35.5. The third kappa shape index (κ3) is 4.86. The maximum Gasteiger partial charge on any atom is 0.228 e. The average Bonchev–Trinajstić information content (AvgIpc) is 3.12. The molecule has 1 amide bonds. The van der Waals surface area contributed by atoms with Crippen LogP contribution in [-0.2, 0) is 11.2 Å². The van der Waals surface area contributed by atoms with Crippen molar-refractivity contribution in [2.75, 3.05) is 5.32 Å². The predicted octanol–water partition coefficient (Wildman–Crippen LogP) is 6.12. The number of nitrogens with one attached hydrogen (secondary N) is 2. The second-order valence-corrected chi connectivity index (χ2v) is 7.69. The summed E-state index contributed by atoms with van der Waals surface area (Å²) >= 11 is 12.7. The minimum Gasteiger partial charge on any atom is -0.454 e. The second-order valence-electron chi connectivity index (χ2n) is 6.88. The molecule has 5 nitrogen and oxygen atoms in total. The molecule has 0 atom stereocenters. The number of halogens is 2. The van der Waals surface area contributed by atoms with Crippen LogP contribution in [0.4, 0.5) is 5.69 Å². The first-order chi connectivity index (χ1) is 13.3. The average molecular weight is 418 g/mol. The van der Waals surface area contributed by atoms with Gasteiger partial charge in [-0.05, 0) is 53.8 Å². The summed E-state index contributed by atoms with van der Waals surface area (Å²) in [6, 6.07) is 9.12. The smallest absolute Gasteiger partial charge is 0.228 e. The summed E-state index contributed by atoms with van der Waals surface area (Å²) in [7, 11) is 0. The molecular weight excluding hydrogens is 397 g/mol. The van der Waals surface area contributed by atoms with Gasteiger partial charge in [0, 0.05) is 11.9 Å². The summed E-state index contributed by atoms with van der Waals surface area (Å²) in [5, 5.41) is 9.91. The van der Waals surface area contributed by atoms with Gasteiger partial charge in [-0.15, -0.1) is 0 Å². The van der Waals surface area contributed by atoms with E-state index in [0.717, 1.165) is 5.56 Å². The highest BCUT2D eigenvalue weighted by Crippen LogP contribution is 2.39. The van der Waals surface area contributed by atoms with E-state index in [1.165, 1.54) is 11.1 Å². The van der Waals surface area contributed by atoms with Gasteiger partial charge in [0.05, 0.1) is 22.7 Å². The molecule has 0 aliphatic heterocycles. The number of aromatic nitrogens is 2. The lowest BCUT2D eigenvalue weighted by molar-refractivity contribution is -0.115. The molecule has 0 aliphatic rings. The zero-order valence-corrected chi connectivity index (χ0v) is 17.4. The maximum atomic E-state index is 12.1. The Morgan fingerprint density at radius 1 is 1.21 bits per heavy atom. The van der Waals surface area contributed by atoms with Gasteiger partial charge in [0.1, 0.15) is 5.75 Å². The summed E-state index contributed by atoms with van der Waals surface area (Å²) in [5.74, 6) is 1.20. The van der Waals surface area contributed by atoms with Gasteiger partial charge < -0.3 is 10.1 Å². The van der Waals surface area contributed by atoms with E-state index >= 15 is 0 Å². The van der Waals surface area contributed by atoms with Gasteiger partial charge in [0.2, 0.25) is 5.91 Å². The highest BCUT2D eigenvalue weighted by molar-refractivity contribution is 6.37. The van der Waals surface area contributed by atoms with Crippen molar-refractivity contribution < 1.29 is 9.53 Å². The van der Waals surface area contributed by atoms with Gasteiger partial charge in [-0.3, -0.25) is 9.89 Å². The van der Waals surface area contributed by atoms with E-state index in [1.807, 2.05) is 18.2 Å². The van der Waals surface area contributed by atoms with E-state index in [4.69, 9.17) is 27.9 Å². The lowest BCUT2D eigenvalue weighted by Crippen LogP contribution is -2.14. The molecule has 146 valence electrons. The molecule has 3 aromatic rings. The van der Waals surface area contributed by atoms with Crippen LogP contribution < -0.4 is 10.1 Å². The number of anilines is 1. The van der Waals surface area contributed by atoms with Crippen LogP contribution in [0.3, 0.4) is 0 Å². The highest BCUT2D eigenvalue weighted by Gasteiger charge is 2.14. The number of carbonyl (C=O) groups is 1. The van der Waals surface area contributed by atoms with Gasteiger partial charge in [0.15, 0.2) is 5.75 Å². The Morgan fingerprint density at radius 2 is 1.93 bits per heavy atom. The lowest BCUT2D eigenvalue weighted by atomic mass is 9.98. The van der Waals surface area contributed by atoms with Gasteiger partial charge in [-0.2, -0.15) is 5.10 Å². The number of hydrogen-bond donors (Lipinski definition) is 2. The summed E-state index contributed by atoms with van der Waals surface area (Å²) in [5.41, 5.74) is 3.70. The van der Waals surface area contributed by atoms with E-state index in [9.17, 15) is 4.79 Å². The first-order valence-corrected chi connectivity index (χ1v) is 9.64. The lowest BCUT2D eigenvalue weighted by Gasteiger charge is -2.15. The Kier molecular flexibility index (Phi) is 6.27. The summed E-state index contributed by atoms with van der Waals surface area (Å²) in [6.07, 6.45) is 3.47. The number of aromatic amines is 1. The summed E-state index contributed by atoms with van der Waals surface area (Å²) in [4.78, 5) is 12.1. The van der Waals surface area contributed by atoms with E-state index < -0.39 is 0 Å². The van der Waals surface area contributed by atoms with Crippen LogP contribution in [0.2, 0.25) is 10.0 Å². The molecule has 0 saturated carbocycles. The van der Waals surface area contributed by atoms with E-state index in [1.54, 1.807) is 24.5 Å². The fourth-order valence-corrected chi connectivity index (χ4v) is 3.48. The normalized spacial score (nSPS) is 10.9. The Hall–Kier alpha value is -2.50. The fourth-order valence-electron chi connectivity index (χ4n) is 2.92. The quantitative estimate of drug-likeness (QED) is 0.507. The largest absolute Gasteiger partial charge is 0.454 e. The Balaban J connectivity index is 1.77. The van der Waals surface area contributed by atoms with Crippen LogP contribution in [0, 0.1) is 6.92 Å². The number of hydrogen-bond acceptors (Lipinski definition) is 3. The summed E-state index contributed by atoms with van der Waals surface area (Å²) < 4.78 is 5.94. The Morgan fingerprint density at radius 3 is 2.54 bits per heavy atom. The standard InChI is InChI=1S/C21H21Cl2N3O2/c1-12(2)17-9-16(5-4-13(17)3)28-21-18(22)7-15(8-19(21)23)26-20(27)6-14-10-24-25-11-14/h4-5,7-12H,6H2,1-3H3,(H,24,25)(H,26,27). The minimum atomic E-state index is -0.192. The van der Waals surface area contributed by atoms with Crippen LogP contribution in [0.25, 0.3) is 0 Å². The number of nitrogens with zero attached hydrogens (tertiary/aromatic N) is 1. The van der Waals surface area contributed by atoms with E-state index in [0.29, 0.717) is 33.1 Å². The van der Waals surface area contributed by atoms with E-state index in [2.05, 4.69) is 36.3 Å². The third-order valence-electron chi connectivity index (χ3n) is 4.29. The molecule has 0 spiro atoms. The van der Waals surface area contributed by atoms with Crippen LogP contribution in [0.15, 0.2) is 42.7 Å². The minimum absolute atomic E-state index is 0.192. The molecule has 0 saturated heterocycles. The molecule has 1 aromatic heterocycles. The molecule has 28 heavy (non-hydrogen) atoms. The zero-order chi connectivity index (χ0) is 20.3. The number of ether oxygens (including phenoxy) is 1. The van der Waals surface area contributed by atoms with Crippen LogP contribution >= 0.6 is 23.2 Å². The molecule has 0 fully saturated rings. The molecule has 0 aliphatic carbocycles.